The second kappa shape index (κ2) is 9.04. The summed E-state index contributed by atoms with van der Waals surface area (Å²) in [6.07, 6.45) is 1.45. The fourth-order valence-corrected chi connectivity index (χ4v) is 2.68. The van der Waals surface area contributed by atoms with E-state index in [-0.39, 0.29) is 29.0 Å². The third-order valence-corrected chi connectivity index (χ3v) is 3.85. The van der Waals surface area contributed by atoms with Crippen LogP contribution in [0.1, 0.15) is 31.9 Å². The van der Waals surface area contributed by atoms with Gasteiger partial charge in [0, 0.05) is 32.0 Å². The van der Waals surface area contributed by atoms with Gasteiger partial charge in [0.05, 0.1) is 0 Å². The number of hydrogen-bond donors (Lipinski definition) is 1. The lowest BCUT2D eigenvalue weighted by atomic mass is 10.1. The molecule has 1 N–H and O–H groups in total. The first-order chi connectivity index (χ1) is 14.7. The zero-order valence-corrected chi connectivity index (χ0v) is 16.9. The Morgan fingerprint density at radius 2 is 1.58 bits per heavy atom. The van der Waals surface area contributed by atoms with Gasteiger partial charge in [-0.05, 0) is 48.0 Å². The van der Waals surface area contributed by atoms with E-state index in [1.54, 1.807) is 30.3 Å². The third-order valence-electron chi connectivity index (χ3n) is 3.85. The number of aliphatic imine (C=N–C) groups is 1. The normalized spacial score (nSPS) is 14.0. The van der Waals surface area contributed by atoms with Crippen LogP contribution < -0.4 is 14.8 Å². The molecular weight excluding hydrogens is 404 g/mol. The minimum absolute atomic E-state index is 0.0289. The Morgan fingerprint density at radius 1 is 0.935 bits per heavy atom. The Hall–Kier alpha value is -4.27. The van der Waals surface area contributed by atoms with Crippen LogP contribution in [-0.2, 0) is 23.9 Å². The summed E-state index contributed by atoms with van der Waals surface area (Å²) in [4.78, 5) is 50.1. The summed E-state index contributed by atoms with van der Waals surface area (Å²) in [5.41, 5.74) is 1.67. The molecule has 0 aliphatic carbocycles. The number of nitrogens with one attached hydrogen (secondary N) is 1. The smallest absolute Gasteiger partial charge is 0.363 e. The van der Waals surface area contributed by atoms with Gasteiger partial charge < -0.3 is 19.5 Å². The quantitative estimate of drug-likeness (QED) is 0.447. The number of rotatable bonds is 5. The number of amides is 1. The SMILES string of the molecule is CC(=O)Nc1ccc(C2=NC(=Cc3ccc(OC(C)=O)c(OC(C)=O)c3)C(=O)O2)cc1. The second-order valence-corrected chi connectivity index (χ2v) is 6.49. The van der Waals surface area contributed by atoms with Crippen LogP contribution in [0.25, 0.3) is 6.08 Å². The molecule has 0 saturated heterocycles. The highest BCUT2D eigenvalue weighted by molar-refractivity contribution is 6.13. The van der Waals surface area contributed by atoms with Gasteiger partial charge in [-0.3, -0.25) is 14.4 Å². The van der Waals surface area contributed by atoms with Crippen LogP contribution in [0.15, 0.2) is 53.2 Å². The topological polar surface area (TPSA) is 120 Å². The lowest BCUT2D eigenvalue weighted by Crippen LogP contribution is -2.07. The van der Waals surface area contributed by atoms with Gasteiger partial charge in [-0.25, -0.2) is 9.79 Å². The summed E-state index contributed by atoms with van der Waals surface area (Å²) < 4.78 is 15.3. The first-order valence-corrected chi connectivity index (χ1v) is 9.13. The first-order valence-electron chi connectivity index (χ1n) is 9.13. The Labute approximate surface area is 177 Å². The maximum Gasteiger partial charge on any atom is 0.363 e. The highest BCUT2D eigenvalue weighted by Crippen LogP contribution is 2.30. The number of anilines is 1. The van der Waals surface area contributed by atoms with Crippen LogP contribution in [0.5, 0.6) is 11.5 Å². The number of esters is 3. The lowest BCUT2D eigenvalue weighted by molar-refractivity contribution is -0.134. The predicted molar refractivity (Wildman–Crippen MR) is 110 cm³/mol. The largest absolute Gasteiger partial charge is 0.423 e. The van der Waals surface area contributed by atoms with Crippen LogP contribution in [0.3, 0.4) is 0 Å². The Balaban J connectivity index is 1.88. The Morgan fingerprint density at radius 3 is 2.19 bits per heavy atom. The second-order valence-electron chi connectivity index (χ2n) is 6.49. The van der Waals surface area contributed by atoms with Gasteiger partial charge in [-0.1, -0.05) is 6.07 Å². The molecule has 0 saturated carbocycles. The molecule has 2 aromatic carbocycles. The molecule has 1 aliphatic rings. The number of hydrogen-bond acceptors (Lipinski definition) is 8. The van der Waals surface area contributed by atoms with Gasteiger partial charge in [-0.15, -0.1) is 0 Å². The molecule has 9 nitrogen and oxygen atoms in total. The van der Waals surface area contributed by atoms with Crippen molar-refractivity contribution >= 4 is 41.5 Å². The molecule has 2 aromatic rings. The molecule has 0 fully saturated rings. The zero-order chi connectivity index (χ0) is 22.5. The third kappa shape index (κ3) is 5.63. The molecule has 0 radical (unpaired) electrons. The highest BCUT2D eigenvalue weighted by atomic mass is 16.6. The van der Waals surface area contributed by atoms with Crippen molar-refractivity contribution in [2.24, 2.45) is 4.99 Å². The number of carbonyl (C=O) groups excluding carboxylic acids is 4. The molecule has 0 unspecified atom stereocenters. The average Bonchev–Trinajstić information content (AvgIpc) is 3.03. The number of carbonyl (C=O) groups is 4. The molecule has 3 rings (SSSR count). The standard InChI is InChI=1S/C22H18N2O7/c1-12(25)23-17-7-5-16(6-8-17)21-24-18(22(28)31-21)10-15-4-9-19(29-13(2)26)20(11-15)30-14(3)27/h4-11H,1-3H3,(H,23,25). The summed E-state index contributed by atoms with van der Waals surface area (Å²) >= 11 is 0. The van der Waals surface area contributed by atoms with E-state index in [0.29, 0.717) is 16.8 Å². The van der Waals surface area contributed by atoms with E-state index in [0.717, 1.165) is 0 Å². The number of nitrogens with zero attached hydrogens (tertiary/aromatic N) is 1. The number of ether oxygens (including phenoxy) is 3. The maximum absolute atomic E-state index is 12.2. The lowest BCUT2D eigenvalue weighted by Gasteiger charge is -2.09. The van der Waals surface area contributed by atoms with Gasteiger partial charge in [0.15, 0.2) is 17.2 Å². The van der Waals surface area contributed by atoms with Crippen molar-refractivity contribution in [1.82, 2.24) is 0 Å². The monoisotopic (exact) mass is 422 g/mol. The van der Waals surface area contributed by atoms with Crippen LogP contribution >= 0.6 is 0 Å². The fraction of sp³-hybridized carbons (Fsp3) is 0.136. The fourth-order valence-electron chi connectivity index (χ4n) is 2.68. The minimum atomic E-state index is -0.654. The van der Waals surface area contributed by atoms with E-state index >= 15 is 0 Å². The van der Waals surface area contributed by atoms with Crippen molar-refractivity contribution in [1.29, 1.82) is 0 Å². The van der Waals surface area contributed by atoms with Gasteiger partial charge >= 0.3 is 17.9 Å². The highest BCUT2D eigenvalue weighted by Gasteiger charge is 2.24. The number of benzene rings is 2. The summed E-state index contributed by atoms with van der Waals surface area (Å²) in [6.45, 7) is 3.84. The van der Waals surface area contributed by atoms with Crippen molar-refractivity contribution in [2.45, 2.75) is 20.8 Å². The van der Waals surface area contributed by atoms with Crippen LogP contribution in [0, 0.1) is 0 Å². The molecule has 0 spiro atoms. The van der Waals surface area contributed by atoms with Crippen LogP contribution in [-0.4, -0.2) is 29.7 Å². The minimum Gasteiger partial charge on any atom is -0.423 e. The van der Waals surface area contributed by atoms with Crippen molar-refractivity contribution in [3.05, 3.63) is 59.3 Å². The maximum atomic E-state index is 12.2. The van der Waals surface area contributed by atoms with E-state index in [4.69, 9.17) is 14.2 Å². The molecule has 158 valence electrons. The van der Waals surface area contributed by atoms with E-state index in [1.165, 1.54) is 39.0 Å². The zero-order valence-electron chi connectivity index (χ0n) is 16.9. The van der Waals surface area contributed by atoms with Crippen molar-refractivity contribution < 1.29 is 33.4 Å². The van der Waals surface area contributed by atoms with Crippen molar-refractivity contribution in [3.8, 4) is 11.5 Å². The van der Waals surface area contributed by atoms with E-state index in [2.05, 4.69) is 10.3 Å². The van der Waals surface area contributed by atoms with Crippen molar-refractivity contribution in [2.75, 3.05) is 5.32 Å². The molecule has 1 heterocycles. The molecule has 1 aliphatic heterocycles. The van der Waals surface area contributed by atoms with Crippen LogP contribution in [0.2, 0.25) is 0 Å². The molecule has 0 atom stereocenters. The van der Waals surface area contributed by atoms with E-state index in [1.807, 2.05) is 0 Å². The first kappa shape index (κ1) is 21.4. The Kier molecular flexibility index (Phi) is 6.25. The molecule has 0 aromatic heterocycles. The molecule has 1 amide bonds. The van der Waals surface area contributed by atoms with Crippen LogP contribution in [0.4, 0.5) is 5.69 Å². The van der Waals surface area contributed by atoms with Gasteiger partial charge in [0.25, 0.3) is 0 Å². The molecule has 31 heavy (non-hydrogen) atoms. The van der Waals surface area contributed by atoms with Crippen molar-refractivity contribution in [3.63, 3.8) is 0 Å². The summed E-state index contributed by atoms with van der Waals surface area (Å²) in [5, 5.41) is 2.64. The predicted octanol–water partition coefficient (Wildman–Crippen LogP) is 2.84. The summed E-state index contributed by atoms with van der Waals surface area (Å²) in [7, 11) is 0. The van der Waals surface area contributed by atoms with E-state index < -0.39 is 17.9 Å². The van der Waals surface area contributed by atoms with Gasteiger partial charge in [0.1, 0.15) is 0 Å². The molecular formula is C22H18N2O7. The van der Waals surface area contributed by atoms with Gasteiger partial charge in [-0.2, -0.15) is 0 Å². The Bertz CT molecular complexity index is 1130. The average molecular weight is 422 g/mol. The molecule has 0 bridgehead atoms. The summed E-state index contributed by atoms with van der Waals surface area (Å²) in [6, 6.07) is 11.1. The van der Waals surface area contributed by atoms with E-state index in [9.17, 15) is 19.2 Å². The van der Waals surface area contributed by atoms with Gasteiger partial charge in [0.2, 0.25) is 11.8 Å². The molecule has 9 heteroatoms. The summed E-state index contributed by atoms with van der Waals surface area (Å²) in [5.74, 6) is -1.81. The number of cyclic esters (lactones) is 1.